The number of rotatable bonds is 3. The minimum Gasteiger partial charge on any atom is -0.389 e. The Bertz CT molecular complexity index is 659. The smallest absolute Gasteiger partial charge is 0.324 e. The van der Waals surface area contributed by atoms with Crippen LogP contribution in [0.1, 0.15) is 13.3 Å². The van der Waals surface area contributed by atoms with E-state index in [0.29, 0.717) is 0 Å². The molecule has 1 aromatic carbocycles. The van der Waals surface area contributed by atoms with Crippen molar-refractivity contribution in [2.75, 3.05) is 13.1 Å². The van der Waals surface area contributed by atoms with Crippen molar-refractivity contribution in [1.29, 1.82) is 0 Å². The molecule has 0 radical (unpaired) electrons. The van der Waals surface area contributed by atoms with E-state index in [0.717, 1.165) is 22.5 Å². The molecule has 0 saturated carbocycles. The van der Waals surface area contributed by atoms with Crippen LogP contribution in [0.2, 0.25) is 0 Å². The van der Waals surface area contributed by atoms with Gasteiger partial charge in [-0.2, -0.15) is 8.70 Å². The van der Waals surface area contributed by atoms with Crippen molar-refractivity contribution in [1.82, 2.24) is 4.31 Å². The highest BCUT2D eigenvalue weighted by Gasteiger charge is 2.41. The average Bonchev–Trinajstić information content (AvgIpc) is 2.69. The summed E-state index contributed by atoms with van der Waals surface area (Å²) in [6.07, 6.45) is 0.218. The number of β-amino-alcohol motifs (C(OH)–C–C–N with tert-alkyl or cyclic N) is 1. The molecule has 0 spiro atoms. The number of nitro groups is 1. The topological polar surface area (TPSA) is 101 Å². The van der Waals surface area contributed by atoms with Gasteiger partial charge in [0, 0.05) is 13.1 Å². The van der Waals surface area contributed by atoms with Crippen LogP contribution in [0.3, 0.4) is 0 Å². The lowest BCUT2D eigenvalue weighted by Crippen LogP contribution is -2.34. The number of nitrogens with zero attached hydrogens (tertiary/aromatic N) is 2. The Hall–Kier alpha value is -1.58. The van der Waals surface area contributed by atoms with Crippen molar-refractivity contribution in [2.45, 2.75) is 23.8 Å². The van der Waals surface area contributed by atoms with Gasteiger partial charge in [0.1, 0.15) is 0 Å². The van der Waals surface area contributed by atoms with Crippen LogP contribution in [0.25, 0.3) is 0 Å². The number of aliphatic hydroxyl groups is 1. The summed E-state index contributed by atoms with van der Waals surface area (Å²) in [5.74, 6) is -1.21. The number of benzene rings is 1. The molecule has 1 aromatic rings. The molecule has 1 heterocycles. The normalized spacial score (nSPS) is 23.9. The lowest BCUT2D eigenvalue weighted by molar-refractivity contribution is -0.390. The number of hydrogen-bond acceptors (Lipinski definition) is 5. The van der Waals surface area contributed by atoms with Crippen LogP contribution >= 0.6 is 0 Å². The van der Waals surface area contributed by atoms with Crippen molar-refractivity contribution in [3.63, 3.8) is 0 Å². The fourth-order valence-corrected chi connectivity index (χ4v) is 3.85. The standard InChI is InChI=1S/C11H13FN2O5S/c1-11(15)5-6-13(7-11)20(18,19)9-4-2-3-8(12)10(9)14(16)17/h2-4,15H,5-7H2,1H3. The Morgan fingerprint density at radius 3 is 2.65 bits per heavy atom. The zero-order valence-electron chi connectivity index (χ0n) is 10.6. The SMILES string of the molecule is CC1(O)CCN(S(=O)(=O)c2cccc(F)c2[N+](=O)[O-])C1. The van der Waals surface area contributed by atoms with Crippen LogP contribution < -0.4 is 0 Å². The molecule has 1 aliphatic rings. The van der Waals surface area contributed by atoms with E-state index >= 15 is 0 Å². The third-order valence-electron chi connectivity index (χ3n) is 3.17. The van der Waals surface area contributed by atoms with Gasteiger partial charge in [-0.1, -0.05) is 6.07 Å². The van der Waals surface area contributed by atoms with Crippen molar-refractivity contribution >= 4 is 15.7 Å². The van der Waals surface area contributed by atoms with Crippen LogP contribution in [-0.2, 0) is 10.0 Å². The van der Waals surface area contributed by atoms with Crippen molar-refractivity contribution < 1.29 is 22.8 Å². The second-order valence-corrected chi connectivity index (χ2v) is 6.84. The third-order valence-corrected chi connectivity index (χ3v) is 5.04. The number of sulfonamides is 1. The van der Waals surface area contributed by atoms with Gasteiger partial charge in [0.15, 0.2) is 4.90 Å². The number of halogens is 1. The summed E-state index contributed by atoms with van der Waals surface area (Å²) in [5, 5.41) is 20.7. The molecule has 1 unspecified atom stereocenters. The van der Waals surface area contributed by atoms with Gasteiger partial charge in [0.2, 0.25) is 15.8 Å². The number of para-hydroxylation sites is 1. The van der Waals surface area contributed by atoms with Gasteiger partial charge in [0.05, 0.1) is 10.5 Å². The number of hydrogen-bond donors (Lipinski definition) is 1. The lowest BCUT2D eigenvalue weighted by Gasteiger charge is -2.18. The van der Waals surface area contributed by atoms with E-state index in [9.17, 15) is 28.0 Å². The molecule has 0 aliphatic carbocycles. The van der Waals surface area contributed by atoms with Gasteiger partial charge in [0.25, 0.3) is 0 Å². The van der Waals surface area contributed by atoms with Crippen LogP contribution in [0.4, 0.5) is 10.1 Å². The number of nitro benzene ring substituents is 1. The molecule has 0 bridgehead atoms. The first kappa shape index (κ1) is 14.8. The van der Waals surface area contributed by atoms with E-state index in [4.69, 9.17) is 0 Å². The van der Waals surface area contributed by atoms with E-state index in [1.807, 2.05) is 0 Å². The summed E-state index contributed by atoms with van der Waals surface area (Å²) in [6, 6.07) is 2.92. The van der Waals surface area contributed by atoms with E-state index in [2.05, 4.69) is 0 Å². The Morgan fingerprint density at radius 2 is 2.15 bits per heavy atom. The highest BCUT2D eigenvalue weighted by atomic mass is 32.2. The molecule has 2 rings (SSSR count). The lowest BCUT2D eigenvalue weighted by atomic mass is 10.1. The summed E-state index contributed by atoms with van der Waals surface area (Å²) >= 11 is 0. The molecule has 1 atom stereocenters. The predicted octanol–water partition coefficient (Wildman–Crippen LogP) is 0.879. The Kier molecular flexibility index (Phi) is 3.53. The molecular weight excluding hydrogens is 291 g/mol. The average molecular weight is 304 g/mol. The molecule has 0 amide bonds. The zero-order valence-corrected chi connectivity index (χ0v) is 11.4. The second-order valence-electron chi connectivity index (χ2n) is 4.93. The quantitative estimate of drug-likeness (QED) is 0.660. The Balaban J connectivity index is 2.51. The Labute approximate surface area is 114 Å². The molecular formula is C11H13FN2O5S. The summed E-state index contributed by atoms with van der Waals surface area (Å²) in [4.78, 5) is 9.11. The highest BCUT2D eigenvalue weighted by Crippen LogP contribution is 2.32. The first-order valence-corrected chi connectivity index (χ1v) is 7.25. The van der Waals surface area contributed by atoms with Gasteiger partial charge in [-0.3, -0.25) is 10.1 Å². The van der Waals surface area contributed by atoms with E-state index < -0.39 is 36.9 Å². The van der Waals surface area contributed by atoms with Crippen LogP contribution in [0.15, 0.2) is 23.1 Å². The van der Waals surface area contributed by atoms with Crippen molar-refractivity contribution in [3.8, 4) is 0 Å². The van der Waals surface area contributed by atoms with E-state index in [1.165, 1.54) is 6.92 Å². The summed E-state index contributed by atoms with van der Waals surface area (Å²) < 4.78 is 39.1. The molecule has 1 fully saturated rings. The zero-order chi connectivity index (χ0) is 15.1. The third kappa shape index (κ3) is 2.51. The van der Waals surface area contributed by atoms with Gasteiger partial charge in [-0.05, 0) is 25.5 Å². The molecule has 7 nitrogen and oxygen atoms in total. The van der Waals surface area contributed by atoms with Crippen molar-refractivity contribution in [2.24, 2.45) is 0 Å². The van der Waals surface area contributed by atoms with E-state index in [-0.39, 0.29) is 19.5 Å². The fraction of sp³-hybridized carbons (Fsp3) is 0.455. The largest absolute Gasteiger partial charge is 0.389 e. The summed E-state index contributed by atoms with van der Waals surface area (Å²) in [7, 11) is -4.22. The molecule has 9 heteroatoms. The minimum atomic E-state index is -4.22. The highest BCUT2D eigenvalue weighted by molar-refractivity contribution is 7.89. The maximum atomic E-state index is 13.5. The monoisotopic (exact) mass is 304 g/mol. The van der Waals surface area contributed by atoms with Gasteiger partial charge < -0.3 is 5.11 Å². The van der Waals surface area contributed by atoms with Crippen molar-refractivity contribution in [3.05, 3.63) is 34.1 Å². The van der Waals surface area contributed by atoms with Crippen LogP contribution in [0, 0.1) is 15.9 Å². The maximum absolute atomic E-state index is 13.5. The Morgan fingerprint density at radius 1 is 1.50 bits per heavy atom. The van der Waals surface area contributed by atoms with Crippen LogP contribution in [-0.4, -0.2) is 41.4 Å². The predicted molar refractivity (Wildman–Crippen MR) is 67.1 cm³/mol. The van der Waals surface area contributed by atoms with Gasteiger partial charge >= 0.3 is 5.69 Å². The van der Waals surface area contributed by atoms with E-state index in [1.54, 1.807) is 0 Å². The molecule has 1 saturated heterocycles. The van der Waals surface area contributed by atoms with Crippen LogP contribution in [0.5, 0.6) is 0 Å². The first-order chi connectivity index (χ1) is 9.15. The molecule has 20 heavy (non-hydrogen) atoms. The fourth-order valence-electron chi connectivity index (χ4n) is 2.13. The van der Waals surface area contributed by atoms with Gasteiger partial charge in [-0.25, -0.2) is 8.42 Å². The second kappa shape index (κ2) is 4.76. The summed E-state index contributed by atoms with van der Waals surface area (Å²) in [6.45, 7) is 1.33. The minimum absolute atomic E-state index is 0.0308. The maximum Gasteiger partial charge on any atom is 0.324 e. The van der Waals surface area contributed by atoms with Gasteiger partial charge in [-0.15, -0.1) is 0 Å². The molecule has 0 aromatic heterocycles. The molecule has 1 N–H and O–H groups in total. The molecule has 110 valence electrons. The molecule has 1 aliphatic heterocycles. The first-order valence-electron chi connectivity index (χ1n) is 5.80. The summed E-state index contributed by atoms with van der Waals surface area (Å²) in [5.41, 5.74) is -2.26.